The van der Waals surface area contributed by atoms with Crippen molar-refractivity contribution in [2.24, 2.45) is 5.92 Å². The molecule has 1 aromatic carbocycles. The van der Waals surface area contributed by atoms with Gasteiger partial charge in [-0.05, 0) is 30.9 Å². The number of ether oxygens (including phenoxy) is 1. The zero-order valence-corrected chi connectivity index (χ0v) is 16.2. The quantitative estimate of drug-likeness (QED) is 0.807. The van der Waals surface area contributed by atoms with E-state index in [0.717, 1.165) is 36.6 Å². The Bertz CT molecular complexity index is 789. The van der Waals surface area contributed by atoms with Gasteiger partial charge in [0.1, 0.15) is 0 Å². The third-order valence-corrected chi connectivity index (χ3v) is 5.60. The van der Waals surface area contributed by atoms with E-state index in [9.17, 15) is 9.90 Å². The highest BCUT2D eigenvalue weighted by atomic mass is 35.5. The summed E-state index contributed by atoms with van der Waals surface area (Å²) in [6.07, 6.45) is 5.41. The van der Waals surface area contributed by atoms with Gasteiger partial charge in [-0.2, -0.15) is 0 Å². The van der Waals surface area contributed by atoms with Gasteiger partial charge in [-0.1, -0.05) is 37.4 Å². The van der Waals surface area contributed by atoms with Gasteiger partial charge in [0.05, 0.1) is 28.3 Å². The van der Waals surface area contributed by atoms with Crippen molar-refractivity contribution < 1.29 is 14.6 Å². The highest BCUT2D eigenvalue weighted by Gasteiger charge is 2.33. The predicted octanol–water partition coefficient (Wildman–Crippen LogP) is 3.61. The van der Waals surface area contributed by atoms with Crippen LogP contribution in [-0.4, -0.2) is 41.4 Å². The van der Waals surface area contributed by atoms with Crippen LogP contribution in [0.4, 0.5) is 0 Å². The molecule has 0 unspecified atom stereocenters. The standard InChI is InChI=1S/C20H27ClN2O3/c1-14-5-4-8-20(25,11-14)13-22-19(24)15-12-23(9-10-26-2)17-7-3-6-16(21)18(15)17/h3,6-7,12,14,25H,4-5,8-11,13H2,1-2H3,(H,22,24)/t14-,20-/m1/s1. The number of hydrogen-bond donors (Lipinski definition) is 2. The lowest BCUT2D eigenvalue weighted by Crippen LogP contribution is -2.45. The Kier molecular flexibility index (Phi) is 5.90. The zero-order valence-electron chi connectivity index (χ0n) is 15.4. The van der Waals surface area contributed by atoms with Gasteiger partial charge < -0.3 is 19.7 Å². The summed E-state index contributed by atoms with van der Waals surface area (Å²) in [6.45, 7) is 3.61. The molecule has 1 aromatic heterocycles. The van der Waals surface area contributed by atoms with Gasteiger partial charge in [-0.25, -0.2) is 0 Å². The molecule has 6 heteroatoms. The predicted molar refractivity (Wildman–Crippen MR) is 104 cm³/mol. The molecule has 1 amide bonds. The first kappa shape index (κ1) is 19.2. The third-order valence-electron chi connectivity index (χ3n) is 5.28. The van der Waals surface area contributed by atoms with E-state index in [2.05, 4.69) is 12.2 Å². The number of amides is 1. The Labute approximate surface area is 159 Å². The van der Waals surface area contributed by atoms with Crippen molar-refractivity contribution in [2.45, 2.75) is 44.8 Å². The van der Waals surface area contributed by atoms with Crippen LogP contribution in [0.2, 0.25) is 5.02 Å². The highest BCUT2D eigenvalue weighted by Crippen LogP contribution is 2.32. The third kappa shape index (κ3) is 4.05. The van der Waals surface area contributed by atoms with Crippen LogP contribution in [0.5, 0.6) is 0 Å². The minimum atomic E-state index is -0.814. The van der Waals surface area contributed by atoms with Gasteiger partial charge in [0.25, 0.3) is 5.91 Å². The Balaban J connectivity index is 1.81. The van der Waals surface area contributed by atoms with E-state index in [1.54, 1.807) is 13.2 Å². The lowest BCUT2D eigenvalue weighted by Gasteiger charge is -2.35. The van der Waals surface area contributed by atoms with Crippen LogP contribution in [0, 0.1) is 5.92 Å². The summed E-state index contributed by atoms with van der Waals surface area (Å²) >= 11 is 6.38. The van der Waals surface area contributed by atoms with Crippen molar-refractivity contribution in [3.63, 3.8) is 0 Å². The van der Waals surface area contributed by atoms with E-state index in [1.807, 2.05) is 22.9 Å². The van der Waals surface area contributed by atoms with E-state index in [4.69, 9.17) is 16.3 Å². The summed E-state index contributed by atoms with van der Waals surface area (Å²) in [5.41, 5.74) is 0.629. The van der Waals surface area contributed by atoms with Gasteiger partial charge in [-0.3, -0.25) is 4.79 Å². The van der Waals surface area contributed by atoms with Crippen molar-refractivity contribution in [1.82, 2.24) is 9.88 Å². The number of benzene rings is 1. The molecule has 0 bridgehead atoms. The molecule has 2 aromatic rings. The molecule has 0 saturated heterocycles. The second-order valence-electron chi connectivity index (χ2n) is 7.47. The number of aliphatic hydroxyl groups is 1. The van der Waals surface area contributed by atoms with Gasteiger partial charge in [0.2, 0.25) is 0 Å². The molecule has 2 N–H and O–H groups in total. The SMILES string of the molecule is COCCn1cc(C(=O)NC[C@@]2(O)CCC[C@@H](C)C2)c2c(Cl)cccc21. The Morgan fingerprint density at radius 2 is 2.31 bits per heavy atom. The first-order valence-corrected chi connectivity index (χ1v) is 9.58. The van der Waals surface area contributed by atoms with Crippen LogP contribution in [0.15, 0.2) is 24.4 Å². The molecule has 1 fully saturated rings. The smallest absolute Gasteiger partial charge is 0.253 e. The van der Waals surface area contributed by atoms with E-state index in [0.29, 0.717) is 29.7 Å². The number of nitrogens with one attached hydrogen (secondary N) is 1. The summed E-state index contributed by atoms with van der Waals surface area (Å²) in [5.74, 6) is 0.280. The van der Waals surface area contributed by atoms with Crippen LogP contribution in [0.25, 0.3) is 10.9 Å². The number of methoxy groups -OCH3 is 1. The van der Waals surface area contributed by atoms with Crippen molar-refractivity contribution >= 4 is 28.4 Å². The van der Waals surface area contributed by atoms with E-state index in [1.165, 1.54) is 0 Å². The molecule has 0 aliphatic heterocycles. The topological polar surface area (TPSA) is 63.5 Å². The number of hydrogen-bond acceptors (Lipinski definition) is 3. The maximum absolute atomic E-state index is 12.8. The summed E-state index contributed by atoms with van der Waals surface area (Å²) in [6, 6.07) is 5.61. The molecule has 1 saturated carbocycles. The van der Waals surface area contributed by atoms with Crippen LogP contribution >= 0.6 is 11.6 Å². The molecule has 1 aliphatic rings. The number of nitrogens with zero attached hydrogens (tertiary/aromatic N) is 1. The van der Waals surface area contributed by atoms with E-state index >= 15 is 0 Å². The lowest BCUT2D eigenvalue weighted by atomic mass is 9.79. The number of carbonyl (C=O) groups excluding carboxylic acids is 1. The monoisotopic (exact) mass is 378 g/mol. The lowest BCUT2D eigenvalue weighted by molar-refractivity contribution is -0.0109. The maximum atomic E-state index is 12.8. The molecular weight excluding hydrogens is 352 g/mol. The number of carbonyl (C=O) groups is 1. The van der Waals surface area contributed by atoms with Gasteiger partial charge >= 0.3 is 0 Å². The van der Waals surface area contributed by atoms with Crippen LogP contribution in [0.1, 0.15) is 43.0 Å². The van der Waals surface area contributed by atoms with Gasteiger partial charge in [0.15, 0.2) is 0 Å². The second kappa shape index (κ2) is 7.99. The van der Waals surface area contributed by atoms with E-state index in [-0.39, 0.29) is 12.5 Å². The Hall–Kier alpha value is -1.56. The van der Waals surface area contributed by atoms with Crippen LogP contribution in [-0.2, 0) is 11.3 Å². The number of halogens is 1. The fourth-order valence-corrected chi connectivity index (χ4v) is 4.26. The molecule has 3 rings (SSSR count). The summed E-state index contributed by atoms with van der Waals surface area (Å²) in [5, 5.41) is 15.0. The van der Waals surface area contributed by atoms with Crippen LogP contribution in [0.3, 0.4) is 0 Å². The molecule has 1 aliphatic carbocycles. The van der Waals surface area contributed by atoms with E-state index < -0.39 is 5.60 Å². The number of rotatable bonds is 6. The summed E-state index contributed by atoms with van der Waals surface area (Å²) < 4.78 is 7.14. The molecule has 0 radical (unpaired) electrons. The van der Waals surface area contributed by atoms with Crippen molar-refractivity contribution in [1.29, 1.82) is 0 Å². The zero-order chi connectivity index (χ0) is 18.7. The first-order valence-electron chi connectivity index (χ1n) is 9.20. The molecule has 142 valence electrons. The number of fused-ring (bicyclic) bond motifs is 1. The maximum Gasteiger partial charge on any atom is 0.253 e. The molecule has 26 heavy (non-hydrogen) atoms. The van der Waals surface area contributed by atoms with Gasteiger partial charge in [0, 0.05) is 31.8 Å². The Morgan fingerprint density at radius 1 is 1.50 bits per heavy atom. The average Bonchev–Trinajstić information content (AvgIpc) is 2.98. The molecule has 0 spiro atoms. The highest BCUT2D eigenvalue weighted by molar-refractivity contribution is 6.36. The molecule has 5 nitrogen and oxygen atoms in total. The largest absolute Gasteiger partial charge is 0.388 e. The van der Waals surface area contributed by atoms with Crippen LogP contribution < -0.4 is 5.32 Å². The Morgan fingerprint density at radius 3 is 3.04 bits per heavy atom. The minimum absolute atomic E-state index is 0.203. The second-order valence-corrected chi connectivity index (χ2v) is 7.88. The fourth-order valence-electron chi connectivity index (χ4n) is 3.99. The van der Waals surface area contributed by atoms with Crippen molar-refractivity contribution in [3.8, 4) is 0 Å². The summed E-state index contributed by atoms with van der Waals surface area (Å²) in [4.78, 5) is 12.8. The van der Waals surface area contributed by atoms with Crippen molar-refractivity contribution in [2.75, 3.05) is 20.3 Å². The molecular formula is C20H27ClN2O3. The molecule has 2 atom stereocenters. The normalized spacial score (nSPS) is 23.3. The number of aromatic nitrogens is 1. The van der Waals surface area contributed by atoms with Crippen molar-refractivity contribution in [3.05, 3.63) is 35.0 Å². The fraction of sp³-hybridized carbons (Fsp3) is 0.550. The molecule has 1 heterocycles. The first-order chi connectivity index (χ1) is 12.4. The summed E-state index contributed by atoms with van der Waals surface area (Å²) in [7, 11) is 1.65. The average molecular weight is 379 g/mol. The minimum Gasteiger partial charge on any atom is -0.388 e. The van der Waals surface area contributed by atoms with Gasteiger partial charge in [-0.15, -0.1) is 0 Å².